The number of carbonyl (C=O) groups is 1. The van der Waals surface area contributed by atoms with Crippen LogP contribution >= 0.6 is 0 Å². The summed E-state index contributed by atoms with van der Waals surface area (Å²) < 4.78 is 5.31. The zero-order chi connectivity index (χ0) is 16.2. The second kappa shape index (κ2) is 7.21. The van der Waals surface area contributed by atoms with Gasteiger partial charge in [0.15, 0.2) is 0 Å². The number of fused-ring (bicyclic) bond motifs is 1. The Kier molecular flexibility index (Phi) is 5.06. The minimum absolute atomic E-state index is 0.0158. The van der Waals surface area contributed by atoms with E-state index in [0.717, 1.165) is 44.4 Å². The third-order valence-corrected chi connectivity index (χ3v) is 5.14. The molecule has 1 aromatic carbocycles. The second-order valence-corrected chi connectivity index (χ2v) is 6.51. The fourth-order valence-corrected chi connectivity index (χ4v) is 3.84. The molecule has 1 heterocycles. The smallest absolute Gasteiger partial charge is 0.317 e. The molecule has 0 aromatic heterocycles. The van der Waals surface area contributed by atoms with Gasteiger partial charge in [0.1, 0.15) is 5.75 Å². The Balaban J connectivity index is 1.62. The van der Waals surface area contributed by atoms with Crippen LogP contribution in [0.2, 0.25) is 0 Å². The lowest BCUT2D eigenvalue weighted by Gasteiger charge is -2.28. The fourth-order valence-electron chi connectivity index (χ4n) is 3.84. The number of benzene rings is 1. The highest BCUT2D eigenvalue weighted by atomic mass is 16.5. The fraction of sp³-hybridized carbons (Fsp3) is 0.611. The Morgan fingerprint density at radius 3 is 3.04 bits per heavy atom. The molecule has 0 saturated carbocycles. The van der Waals surface area contributed by atoms with Crippen molar-refractivity contribution in [2.75, 3.05) is 26.8 Å². The number of carbonyl (C=O) groups excluding carboxylic acids is 1. The zero-order valence-corrected chi connectivity index (χ0v) is 13.8. The van der Waals surface area contributed by atoms with Crippen LogP contribution in [0.15, 0.2) is 18.2 Å². The summed E-state index contributed by atoms with van der Waals surface area (Å²) in [4.78, 5) is 14.1. The van der Waals surface area contributed by atoms with Crippen molar-refractivity contribution in [3.8, 4) is 5.75 Å². The first kappa shape index (κ1) is 16.1. The van der Waals surface area contributed by atoms with Crippen molar-refractivity contribution in [2.24, 2.45) is 0 Å². The van der Waals surface area contributed by atoms with Crippen LogP contribution in [0.5, 0.6) is 5.75 Å². The van der Waals surface area contributed by atoms with Crippen LogP contribution in [0, 0.1) is 0 Å². The van der Waals surface area contributed by atoms with Crippen LogP contribution in [0.1, 0.15) is 42.7 Å². The number of aryl methyl sites for hydroxylation is 1. The first-order valence-electron chi connectivity index (χ1n) is 8.55. The van der Waals surface area contributed by atoms with Gasteiger partial charge in [0, 0.05) is 19.0 Å². The standard InChI is InChI=1S/C18H26N2O3/c1-23-16-7-8-17-13(10-16)4-2-5-14(17)11-19-18(22)20-9-3-6-15(20)12-21/h7-8,10,14-15,21H,2-6,9,11-12H2,1H3,(H,19,22). The number of methoxy groups -OCH3 is 1. The van der Waals surface area contributed by atoms with Crippen molar-refractivity contribution < 1.29 is 14.6 Å². The third-order valence-electron chi connectivity index (χ3n) is 5.14. The number of hydrogen-bond donors (Lipinski definition) is 2. The Morgan fingerprint density at radius 1 is 1.39 bits per heavy atom. The molecule has 2 amide bonds. The average Bonchev–Trinajstić information content (AvgIpc) is 3.07. The minimum atomic E-state index is -0.0396. The van der Waals surface area contributed by atoms with E-state index in [-0.39, 0.29) is 18.7 Å². The largest absolute Gasteiger partial charge is 0.497 e. The van der Waals surface area contributed by atoms with E-state index in [1.165, 1.54) is 11.1 Å². The molecule has 5 heteroatoms. The van der Waals surface area contributed by atoms with Crippen LogP contribution in [0.4, 0.5) is 4.79 Å². The number of rotatable bonds is 4. The topological polar surface area (TPSA) is 61.8 Å². The van der Waals surface area contributed by atoms with Crippen LogP contribution in [-0.4, -0.2) is 48.9 Å². The maximum absolute atomic E-state index is 12.4. The van der Waals surface area contributed by atoms with Gasteiger partial charge in [0.25, 0.3) is 0 Å². The van der Waals surface area contributed by atoms with Crippen molar-refractivity contribution in [1.29, 1.82) is 0 Å². The molecule has 126 valence electrons. The number of nitrogens with one attached hydrogen (secondary N) is 1. The van der Waals surface area contributed by atoms with Gasteiger partial charge in [-0.05, 0) is 55.4 Å². The Bertz CT molecular complexity index is 561. The molecule has 1 saturated heterocycles. The Labute approximate surface area is 137 Å². The summed E-state index contributed by atoms with van der Waals surface area (Å²) in [5.74, 6) is 1.26. The maximum atomic E-state index is 12.4. The summed E-state index contributed by atoms with van der Waals surface area (Å²) in [7, 11) is 1.69. The van der Waals surface area contributed by atoms with E-state index in [4.69, 9.17) is 4.74 Å². The molecule has 23 heavy (non-hydrogen) atoms. The molecule has 3 rings (SSSR count). The van der Waals surface area contributed by atoms with Crippen molar-refractivity contribution in [1.82, 2.24) is 10.2 Å². The average molecular weight is 318 g/mol. The van der Waals surface area contributed by atoms with E-state index in [0.29, 0.717) is 12.5 Å². The van der Waals surface area contributed by atoms with Crippen molar-refractivity contribution in [3.63, 3.8) is 0 Å². The first-order valence-corrected chi connectivity index (χ1v) is 8.55. The number of hydrogen-bond acceptors (Lipinski definition) is 3. The van der Waals surface area contributed by atoms with Gasteiger partial charge in [0.05, 0.1) is 19.8 Å². The summed E-state index contributed by atoms with van der Waals surface area (Å²) in [6.07, 6.45) is 5.20. The predicted molar refractivity (Wildman–Crippen MR) is 88.9 cm³/mol. The molecule has 1 fully saturated rings. The van der Waals surface area contributed by atoms with Crippen LogP contribution < -0.4 is 10.1 Å². The molecule has 5 nitrogen and oxygen atoms in total. The molecule has 2 unspecified atom stereocenters. The molecule has 1 aliphatic heterocycles. The van der Waals surface area contributed by atoms with Gasteiger partial charge in [-0.15, -0.1) is 0 Å². The SMILES string of the molecule is COc1ccc2c(c1)CCCC2CNC(=O)N1CCCC1CO. The zero-order valence-electron chi connectivity index (χ0n) is 13.8. The van der Waals surface area contributed by atoms with Crippen molar-refractivity contribution in [3.05, 3.63) is 29.3 Å². The first-order chi connectivity index (χ1) is 11.2. The quantitative estimate of drug-likeness (QED) is 0.895. The summed E-state index contributed by atoms with van der Waals surface area (Å²) in [6, 6.07) is 6.20. The molecular formula is C18H26N2O3. The Morgan fingerprint density at radius 2 is 2.26 bits per heavy atom. The van der Waals surface area contributed by atoms with Crippen LogP contribution in [0.25, 0.3) is 0 Å². The number of aliphatic hydroxyl groups is 1. The summed E-state index contributed by atoms with van der Waals surface area (Å²) >= 11 is 0. The van der Waals surface area contributed by atoms with Gasteiger partial charge >= 0.3 is 6.03 Å². The van der Waals surface area contributed by atoms with Crippen molar-refractivity contribution in [2.45, 2.75) is 44.1 Å². The number of likely N-dealkylation sites (tertiary alicyclic amines) is 1. The minimum Gasteiger partial charge on any atom is -0.497 e. The molecule has 1 aliphatic carbocycles. The monoisotopic (exact) mass is 318 g/mol. The molecule has 2 aliphatic rings. The second-order valence-electron chi connectivity index (χ2n) is 6.51. The molecule has 0 spiro atoms. The van der Waals surface area contributed by atoms with E-state index < -0.39 is 0 Å². The van der Waals surface area contributed by atoms with Crippen LogP contribution in [0.3, 0.4) is 0 Å². The molecule has 1 aromatic rings. The van der Waals surface area contributed by atoms with Crippen LogP contribution in [-0.2, 0) is 6.42 Å². The van der Waals surface area contributed by atoms with Gasteiger partial charge in [-0.1, -0.05) is 6.07 Å². The number of amides is 2. The lowest BCUT2D eigenvalue weighted by molar-refractivity contribution is 0.156. The molecule has 2 atom stereocenters. The normalized spacial score (nSPS) is 23.5. The number of nitrogens with zero attached hydrogens (tertiary/aromatic N) is 1. The highest BCUT2D eigenvalue weighted by molar-refractivity contribution is 5.75. The number of aliphatic hydroxyl groups excluding tert-OH is 1. The summed E-state index contributed by atoms with van der Waals surface area (Å²) in [6.45, 7) is 1.46. The van der Waals surface area contributed by atoms with Gasteiger partial charge < -0.3 is 20.1 Å². The number of urea groups is 1. The van der Waals surface area contributed by atoms with Gasteiger partial charge in [-0.25, -0.2) is 4.79 Å². The van der Waals surface area contributed by atoms with Crippen molar-refractivity contribution >= 4 is 6.03 Å². The van der Waals surface area contributed by atoms with E-state index in [2.05, 4.69) is 17.4 Å². The lowest BCUT2D eigenvalue weighted by Crippen LogP contribution is -2.45. The third kappa shape index (κ3) is 3.44. The molecule has 0 radical (unpaired) electrons. The van der Waals surface area contributed by atoms with E-state index in [1.54, 1.807) is 12.0 Å². The maximum Gasteiger partial charge on any atom is 0.317 e. The number of ether oxygens (including phenoxy) is 1. The molecular weight excluding hydrogens is 292 g/mol. The van der Waals surface area contributed by atoms with E-state index >= 15 is 0 Å². The van der Waals surface area contributed by atoms with Gasteiger partial charge in [-0.2, -0.15) is 0 Å². The highest BCUT2D eigenvalue weighted by Gasteiger charge is 2.29. The molecule has 0 bridgehead atoms. The van der Waals surface area contributed by atoms with Gasteiger partial charge in [0.2, 0.25) is 0 Å². The lowest BCUT2D eigenvalue weighted by atomic mass is 9.82. The summed E-state index contributed by atoms with van der Waals surface area (Å²) in [5.41, 5.74) is 2.67. The van der Waals surface area contributed by atoms with E-state index in [9.17, 15) is 9.90 Å². The predicted octanol–water partition coefficient (Wildman–Crippen LogP) is 2.28. The Hall–Kier alpha value is -1.75. The van der Waals surface area contributed by atoms with E-state index in [1.807, 2.05) is 6.07 Å². The van der Waals surface area contributed by atoms with Gasteiger partial charge in [-0.3, -0.25) is 0 Å². The highest BCUT2D eigenvalue weighted by Crippen LogP contribution is 2.33. The summed E-state index contributed by atoms with van der Waals surface area (Å²) in [5, 5.41) is 12.4. The molecule has 2 N–H and O–H groups in total.